The zero-order valence-corrected chi connectivity index (χ0v) is 11.1. The Kier molecular flexibility index (Phi) is 3.06. The van der Waals surface area contributed by atoms with E-state index in [1.807, 2.05) is 0 Å². The molecular weight excluding hydrogens is 239 g/mol. The summed E-state index contributed by atoms with van der Waals surface area (Å²) in [6, 6.07) is 0. The Labute approximate surface area is 108 Å². The Morgan fingerprint density at radius 2 is 1.69 bits per heavy atom. The van der Waals surface area contributed by atoms with Crippen molar-refractivity contribution in [3.8, 4) is 0 Å². The lowest BCUT2D eigenvalue weighted by Gasteiger charge is -2.40. The van der Waals surface area contributed by atoms with Crippen molar-refractivity contribution in [2.24, 2.45) is 11.8 Å². The molecule has 0 N–H and O–H groups in total. The third-order valence-electron chi connectivity index (χ3n) is 4.60. The second-order valence-corrected chi connectivity index (χ2v) is 6.26. The SMILES string of the molecule is ClC1=C(Cl)C2=C(CC1)CC[C@@H]1CCCC[C@H]21. The molecule has 3 rings (SSSR count). The van der Waals surface area contributed by atoms with E-state index in [-0.39, 0.29) is 0 Å². The largest absolute Gasteiger partial charge is 0.0875 e. The van der Waals surface area contributed by atoms with Gasteiger partial charge < -0.3 is 0 Å². The number of rotatable bonds is 0. The van der Waals surface area contributed by atoms with Crippen LogP contribution in [0.5, 0.6) is 0 Å². The molecule has 1 fully saturated rings. The first-order chi connectivity index (χ1) is 7.77. The molecule has 0 unspecified atom stereocenters. The number of fused-ring (bicyclic) bond motifs is 2. The minimum Gasteiger partial charge on any atom is -0.0875 e. The van der Waals surface area contributed by atoms with Crippen molar-refractivity contribution in [3.63, 3.8) is 0 Å². The first kappa shape index (κ1) is 11.2. The second-order valence-electron chi connectivity index (χ2n) is 5.43. The highest BCUT2D eigenvalue weighted by atomic mass is 35.5. The molecule has 1 saturated carbocycles. The van der Waals surface area contributed by atoms with Crippen LogP contribution in [0.1, 0.15) is 51.4 Å². The molecule has 0 aromatic rings. The van der Waals surface area contributed by atoms with Gasteiger partial charge in [0.2, 0.25) is 0 Å². The molecule has 0 nitrogen and oxygen atoms in total. The average molecular weight is 257 g/mol. The van der Waals surface area contributed by atoms with Crippen LogP contribution < -0.4 is 0 Å². The Balaban J connectivity index is 1.99. The summed E-state index contributed by atoms with van der Waals surface area (Å²) in [5.74, 6) is 1.63. The number of hydrogen-bond donors (Lipinski definition) is 0. The normalized spacial score (nSPS) is 34.9. The molecule has 0 saturated heterocycles. The van der Waals surface area contributed by atoms with E-state index in [4.69, 9.17) is 23.2 Å². The van der Waals surface area contributed by atoms with Crippen LogP contribution in [0.4, 0.5) is 0 Å². The molecule has 0 radical (unpaired) electrons. The first-order valence-electron chi connectivity index (χ1n) is 6.54. The van der Waals surface area contributed by atoms with Crippen LogP contribution in [0.2, 0.25) is 0 Å². The van der Waals surface area contributed by atoms with Crippen molar-refractivity contribution in [1.82, 2.24) is 0 Å². The van der Waals surface area contributed by atoms with Gasteiger partial charge in [-0.25, -0.2) is 0 Å². The monoisotopic (exact) mass is 256 g/mol. The van der Waals surface area contributed by atoms with E-state index in [0.29, 0.717) is 0 Å². The lowest BCUT2D eigenvalue weighted by Crippen LogP contribution is -2.27. The van der Waals surface area contributed by atoms with Crippen LogP contribution in [0.15, 0.2) is 21.2 Å². The first-order valence-corrected chi connectivity index (χ1v) is 7.29. The molecule has 88 valence electrons. The van der Waals surface area contributed by atoms with Gasteiger partial charge in [-0.15, -0.1) is 0 Å². The van der Waals surface area contributed by atoms with Gasteiger partial charge >= 0.3 is 0 Å². The van der Waals surface area contributed by atoms with Crippen LogP contribution in [0.3, 0.4) is 0 Å². The molecule has 2 atom stereocenters. The van der Waals surface area contributed by atoms with E-state index >= 15 is 0 Å². The Bertz CT molecular complexity index is 365. The van der Waals surface area contributed by atoms with Crippen molar-refractivity contribution in [3.05, 3.63) is 21.2 Å². The minimum atomic E-state index is 0.735. The standard InChI is InChI=1S/C14H18Cl2/c15-12-8-7-10-6-5-9-3-1-2-4-11(9)13(10)14(12)16/h9,11H,1-8H2/t9-,11-/m0/s1. The molecule has 0 amide bonds. The zero-order valence-electron chi connectivity index (χ0n) is 9.57. The summed E-state index contributed by atoms with van der Waals surface area (Å²) in [6.45, 7) is 0. The van der Waals surface area contributed by atoms with Gasteiger partial charge in [0, 0.05) is 5.03 Å². The van der Waals surface area contributed by atoms with Gasteiger partial charge in [-0.1, -0.05) is 41.6 Å². The molecule has 0 bridgehead atoms. The smallest absolute Gasteiger partial charge is 0.0585 e. The highest BCUT2D eigenvalue weighted by Crippen LogP contribution is 2.51. The molecule has 2 heteroatoms. The quantitative estimate of drug-likeness (QED) is 0.547. The van der Waals surface area contributed by atoms with Gasteiger partial charge in [-0.2, -0.15) is 0 Å². The van der Waals surface area contributed by atoms with Crippen LogP contribution in [-0.4, -0.2) is 0 Å². The number of hydrogen-bond acceptors (Lipinski definition) is 0. The fraction of sp³-hybridized carbons (Fsp3) is 0.714. The average Bonchev–Trinajstić information content (AvgIpc) is 2.33. The Hall–Kier alpha value is 0.0600. The molecule has 3 aliphatic carbocycles. The predicted molar refractivity (Wildman–Crippen MR) is 69.7 cm³/mol. The third kappa shape index (κ3) is 1.75. The van der Waals surface area contributed by atoms with Crippen LogP contribution in [0.25, 0.3) is 0 Å². The van der Waals surface area contributed by atoms with Gasteiger partial charge in [0.1, 0.15) is 0 Å². The fourth-order valence-corrected chi connectivity index (χ4v) is 4.35. The summed E-state index contributed by atoms with van der Waals surface area (Å²) in [6.07, 6.45) is 10.3. The van der Waals surface area contributed by atoms with E-state index in [0.717, 1.165) is 34.7 Å². The summed E-state index contributed by atoms with van der Waals surface area (Å²) < 4.78 is 0. The maximum atomic E-state index is 6.45. The maximum Gasteiger partial charge on any atom is 0.0585 e. The van der Waals surface area contributed by atoms with Crippen LogP contribution >= 0.6 is 23.2 Å². The van der Waals surface area contributed by atoms with Gasteiger partial charge in [-0.3, -0.25) is 0 Å². The van der Waals surface area contributed by atoms with E-state index in [9.17, 15) is 0 Å². The van der Waals surface area contributed by atoms with E-state index in [1.54, 1.807) is 5.57 Å². The summed E-state index contributed by atoms with van der Waals surface area (Å²) in [4.78, 5) is 0. The van der Waals surface area contributed by atoms with Gasteiger partial charge in [0.15, 0.2) is 0 Å². The van der Waals surface area contributed by atoms with Crippen LogP contribution in [-0.2, 0) is 0 Å². The molecule has 0 heterocycles. The number of halogens is 2. The lowest BCUT2D eigenvalue weighted by atomic mass is 9.66. The molecule has 0 aliphatic heterocycles. The van der Waals surface area contributed by atoms with E-state index < -0.39 is 0 Å². The van der Waals surface area contributed by atoms with E-state index in [1.165, 1.54) is 44.1 Å². The maximum absolute atomic E-state index is 6.45. The molecule has 3 aliphatic rings. The minimum absolute atomic E-state index is 0.735. The van der Waals surface area contributed by atoms with Crippen LogP contribution in [0, 0.1) is 11.8 Å². The van der Waals surface area contributed by atoms with Gasteiger partial charge in [-0.05, 0) is 55.9 Å². The zero-order chi connectivity index (χ0) is 11.1. The Morgan fingerprint density at radius 3 is 2.56 bits per heavy atom. The molecule has 0 spiro atoms. The summed E-state index contributed by atoms with van der Waals surface area (Å²) in [7, 11) is 0. The van der Waals surface area contributed by atoms with Crippen molar-refractivity contribution >= 4 is 23.2 Å². The highest BCUT2D eigenvalue weighted by Gasteiger charge is 2.36. The fourth-order valence-electron chi connectivity index (χ4n) is 3.78. The van der Waals surface area contributed by atoms with Gasteiger partial charge in [0.25, 0.3) is 0 Å². The van der Waals surface area contributed by atoms with Crippen molar-refractivity contribution in [2.75, 3.05) is 0 Å². The summed E-state index contributed by atoms with van der Waals surface area (Å²) in [5.41, 5.74) is 3.09. The third-order valence-corrected chi connectivity index (χ3v) is 5.50. The Morgan fingerprint density at radius 1 is 0.875 bits per heavy atom. The molecule has 0 aromatic carbocycles. The molecule has 0 aromatic heterocycles. The van der Waals surface area contributed by atoms with Crippen molar-refractivity contribution in [1.29, 1.82) is 0 Å². The summed E-state index contributed by atoms with van der Waals surface area (Å²) in [5, 5.41) is 1.83. The highest BCUT2D eigenvalue weighted by molar-refractivity contribution is 6.41. The van der Waals surface area contributed by atoms with E-state index in [2.05, 4.69) is 0 Å². The molecule has 16 heavy (non-hydrogen) atoms. The molecular formula is C14H18Cl2. The van der Waals surface area contributed by atoms with Crippen molar-refractivity contribution in [2.45, 2.75) is 51.4 Å². The second kappa shape index (κ2) is 4.38. The van der Waals surface area contributed by atoms with Gasteiger partial charge in [0.05, 0.1) is 5.03 Å². The van der Waals surface area contributed by atoms with Crippen molar-refractivity contribution < 1.29 is 0 Å². The topological polar surface area (TPSA) is 0 Å². The number of allylic oxidation sites excluding steroid dienone is 4. The lowest BCUT2D eigenvalue weighted by molar-refractivity contribution is 0.242. The predicted octanol–water partition coefficient (Wildman–Crippen LogP) is 5.37. The summed E-state index contributed by atoms with van der Waals surface area (Å²) >= 11 is 12.7.